The molecule has 0 bridgehead atoms. The summed E-state index contributed by atoms with van der Waals surface area (Å²) in [4.78, 5) is 16.0. The van der Waals surface area contributed by atoms with E-state index < -0.39 is 0 Å². The van der Waals surface area contributed by atoms with Gasteiger partial charge in [0.2, 0.25) is 0 Å². The highest BCUT2D eigenvalue weighted by molar-refractivity contribution is 6.09. The smallest absolute Gasteiger partial charge is 0.146 e. The van der Waals surface area contributed by atoms with Crippen LogP contribution in [0.4, 0.5) is 11.4 Å². The Morgan fingerprint density at radius 3 is 2.28 bits per heavy atom. The molecule has 4 aromatic heterocycles. The second kappa shape index (κ2) is 11.9. The van der Waals surface area contributed by atoms with Crippen LogP contribution in [0.2, 0.25) is 0 Å². The van der Waals surface area contributed by atoms with Crippen LogP contribution in [0.5, 0.6) is 0 Å². The number of anilines is 2. The maximum Gasteiger partial charge on any atom is 0.146 e. The fourth-order valence-electron chi connectivity index (χ4n) is 6.50. The van der Waals surface area contributed by atoms with Crippen molar-refractivity contribution in [2.24, 2.45) is 5.73 Å². The normalized spacial score (nSPS) is 14.1. The van der Waals surface area contributed by atoms with Gasteiger partial charge in [0.25, 0.3) is 0 Å². The average molecular weight is 609 g/mol. The molecular formula is C41H32N6. The van der Waals surface area contributed by atoms with E-state index in [0.717, 1.165) is 79.9 Å². The van der Waals surface area contributed by atoms with Crippen molar-refractivity contribution in [2.45, 2.75) is 12.8 Å². The van der Waals surface area contributed by atoms with Crippen LogP contribution in [0.25, 0.3) is 44.5 Å². The Hall–Kier alpha value is -6.27. The van der Waals surface area contributed by atoms with Crippen molar-refractivity contribution >= 4 is 38.9 Å². The Balaban J connectivity index is 1.15. The minimum atomic E-state index is 0.618. The molecule has 6 nitrogen and oxygen atoms in total. The molecule has 0 saturated heterocycles. The van der Waals surface area contributed by atoms with Crippen LogP contribution in [-0.2, 0) is 6.42 Å². The predicted octanol–water partition coefficient (Wildman–Crippen LogP) is 9.16. The molecule has 0 saturated carbocycles. The number of fused-ring (bicyclic) bond motifs is 4. The number of aryl methyl sites for hydroxylation is 1. The Labute approximate surface area is 273 Å². The number of hydrogen-bond acceptors (Lipinski definition) is 5. The number of para-hydroxylation sites is 1. The zero-order chi connectivity index (χ0) is 31.7. The van der Waals surface area contributed by atoms with Crippen LogP contribution in [0.15, 0.2) is 164 Å². The van der Waals surface area contributed by atoms with Gasteiger partial charge in [-0.2, -0.15) is 0 Å². The minimum absolute atomic E-state index is 0.618. The van der Waals surface area contributed by atoms with Crippen molar-refractivity contribution in [3.8, 4) is 16.9 Å². The molecule has 0 atom stereocenters. The van der Waals surface area contributed by atoms with Crippen molar-refractivity contribution in [2.75, 3.05) is 4.90 Å². The fourth-order valence-corrected chi connectivity index (χ4v) is 6.50. The molecule has 0 aliphatic heterocycles. The van der Waals surface area contributed by atoms with Crippen molar-refractivity contribution in [3.05, 3.63) is 175 Å². The summed E-state index contributed by atoms with van der Waals surface area (Å²) in [6.07, 6.45) is 11.4. The topological polar surface area (TPSA) is 72.9 Å². The van der Waals surface area contributed by atoms with E-state index in [1.807, 2.05) is 73.2 Å². The van der Waals surface area contributed by atoms with E-state index in [9.17, 15) is 0 Å². The third-order valence-corrected chi connectivity index (χ3v) is 8.82. The van der Waals surface area contributed by atoms with E-state index in [0.29, 0.717) is 5.82 Å². The largest absolute Gasteiger partial charge is 0.385 e. The van der Waals surface area contributed by atoms with E-state index in [1.165, 1.54) is 5.56 Å². The van der Waals surface area contributed by atoms with E-state index >= 15 is 0 Å². The summed E-state index contributed by atoms with van der Waals surface area (Å²) in [6, 6.07) is 39.5. The van der Waals surface area contributed by atoms with Crippen LogP contribution in [0.1, 0.15) is 17.7 Å². The summed E-state index contributed by atoms with van der Waals surface area (Å²) < 4.78 is 2.12. The molecule has 0 spiro atoms. The Bertz CT molecular complexity index is 2320. The number of hydrogen-bond donors (Lipinski definition) is 1. The Morgan fingerprint density at radius 2 is 1.45 bits per heavy atom. The molecule has 7 aromatic rings. The number of rotatable bonds is 6. The second-order valence-corrected chi connectivity index (χ2v) is 11.6. The fraction of sp³-hybridized carbons (Fsp3) is 0.0488. The van der Waals surface area contributed by atoms with Gasteiger partial charge in [0.05, 0.1) is 11.2 Å². The number of benzene rings is 3. The zero-order valence-electron chi connectivity index (χ0n) is 25.8. The number of pyridine rings is 3. The molecule has 1 aliphatic rings. The third-order valence-electron chi connectivity index (χ3n) is 8.82. The molecule has 8 rings (SSSR count). The van der Waals surface area contributed by atoms with Gasteiger partial charge in [0, 0.05) is 40.7 Å². The predicted molar refractivity (Wildman–Crippen MR) is 192 cm³/mol. The van der Waals surface area contributed by atoms with Gasteiger partial charge in [-0.25, -0.2) is 9.97 Å². The second-order valence-electron chi connectivity index (χ2n) is 11.6. The first-order valence-corrected chi connectivity index (χ1v) is 15.7. The summed E-state index contributed by atoms with van der Waals surface area (Å²) in [5, 5.41) is 2.22. The van der Waals surface area contributed by atoms with Gasteiger partial charge < -0.3 is 5.73 Å². The highest BCUT2D eigenvalue weighted by atomic mass is 15.2. The zero-order valence-corrected chi connectivity index (χ0v) is 25.8. The number of nitrogens with two attached hydrogens (primary N) is 1. The highest BCUT2D eigenvalue weighted by Crippen LogP contribution is 2.36. The van der Waals surface area contributed by atoms with Crippen molar-refractivity contribution in [3.63, 3.8) is 0 Å². The highest BCUT2D eigenvalue weighted by Gasteiger charge is 2.19. The first-order chi connectivity index (χ1) is 23.2. The van der Waals surface area contributed by atoms with E-state index in [4.69, 9.17) is 10.7 Å². The van der Waals surface area contributed by atoms with Crippen molar-refractivity contribution in [1.29, 1.82) is 0 Å². The van der Waals surface area contributed by atoms with E-state index in [2.05, 4.69) is 98.8 Å². The first-order valence-electron chi connectivity index (χ1n) is 15.7. The molecule has 3 aromatic carbocycles. The molecule has 1 aliphatic carbocycles. The van der Waals surface area contributed by atoms with Crippen LogP contribution < -0.4 is 10.6 Å². The molecule has 4 heterocycles. The van der Waals surface area contributed by atoms with Crippen LogP contribution in [0.3, 0.4) is 0 Å². The molecule has 6 heteroatoms. The van der Waals surface area contributed by atoms with Gasteiger partial charge in [0.15, 0.2) is 0 Å². The summed E-state index contributed by atoms with van der Waals surface area (Å²) in [7, 11) is 0. The molecule has 0 unspecified atom stereocenters. The molecule has 226 valence electrons. The van der Waals surface area contributed by atoms with Gasteiger partial charge in [-0.15, -0.1) is 0 Å². The summed E-state index contributed by atoms with van der Waals surface area (Å²) in [5.74, 6) is 1.46. The van der Waals surface area contributed by atoms with Gasteiger partial charge in [-0.1, -0.05) is 61.2 Å². The summed E-state index contributed by atoms with van der Waals surface area (Å²) in [6.45, 7) is 4.34. The van der Waals surface area contributed by atoms with Crippen molar-refractivity contribution in [1.82, 2.24) is 19.5 Å². The minimum Gasteiger partial charge on any atom is -0.385 e. The first kappa shape index (κ1) is 28.2. The average Bonchev–Trinajstić information content (AvgIpc) is 3.46. The van der Waals surface area contributed by atoms with Crippen LogP contribution in [-0.4, -0.2) is 19.5 Å². The SMILES string of the molecule is C=C1/C(=C\C=C(/N)N(c2ccccc2)c2ccc(-c3ccc4c(c3)c3cccnc3n4-c3ccccn3)cc2)CCc2cccnc21. The summed E-state index contributed by atoms with van der Waals surface area (Å²) in [5.41, 5.74) is 17.3. The molecule has 0 radical (unpaired) electrons. The lowest BCUT2D eigenvalue weighted by Crippen LogP contribution is -2.22. The molecule has 0 fully saturated rings. The summed E-state index contributed by atoms with van der Waals surface area (Å²) >= 11 is 0. The Kier molecular flexibility index (Phi) is 7.15. The van der Waals surface area contributed by atoms with Gasteiger partial charge in [-0.05, 0) is 113 Å². The molecule has 47 heavy (non-hydrogen) atoms. The molecular weight excluding hydrogens is 576 g/mol. The van der Waals surface area contributed by atoms with Gasteiger partial charge >= 0.3 is 0 Å². The standard InChI is InChI=1S/C41H32N6/c1-28-29(14-15-31-9-7-25-44-40(28)31)19-23-38(42)46(33-10-3-2-4-11-33)34-20-16-30(17-21-34)32-18-22-37-36(27-32)35-12-8-26-45-41(35)47(37)39-13-5-6-24-43-39/h2-13,16-27H,1,14-15,42H2/b29-19-,38-23+. The van der Waals surface area contributed by atoms with E-state index in [1.54, 1.807) is 0 Å². The molecule has 2 N–H and O–H groups in total. The third kappa shape index (κ3) is 5.16. The van der Waals surface area contributed by atoms with Crippen LogP contribution >= 0.6 is 0 Å². The van der Waals surface area contributed by atoms with Gasteiger partial charge in [0.1, 0.15) is 17.3 Å². The Morgan fingerprint density at radius 1 is 0.702 bits per heavy atom. The lowest BCUT2D eigenvalue weighted by Gasteiger charge is -2.25. The van der Waals surface area contributed by atoms with Crippen molar-refractivity contribution < 1.29 is 0 Å². The number of aromatic nitrogens is 4. The lowest BCUT2D eigenvalue weighted by molar-refractivity contribution is 0.919. The number of allylic oxidation sites excluding steroid dienone is 4. The maximum absolute atomic E-state index is 6.84. The van der Waals surface area contributed by atoms with Gasteiger partial charge in [-0.3, -0.25) is 14.5 Å². The molecule has 0 amide bonds. The lowest BCUT2D eigenvalue weighted by atomic mass is 9.88. The van der Waals surface area contributed by atoms with E-state index in [-0.39, 0.29) is 0 Å². The maximum atomic E-state index is 6.84. The quantitative estimate of drug-likeness (QED) is 0.204. The van der Waals surface area contributed by atoms with Crippen LogP contribution in [0, 0.1) is 0 Å². The number of nitrogens with zero attached hydrogens (tertiary/aromatic N) is 5. The monoisotopic (exact) mass is 608 g/mol.